The van der Waals surface area contributed by atoms with Gasteiger partial charge in [-0.2, -0.15) is 0 Å². The van der Waals surface area contributed by atoms with Crippen molar-refractivity contribution in [3.05, 3.63) is 0 Å². The lowest BCUT2D eigenvalue weighted by Gasteiger charge is -2.28. The standard InChI is InChI=1S/C6H13N3O/c7-6(5-10)9-3-1-8-2-4-9/h7-8,10H,1-5H2. The van der Waals surface area contributed by atoms with Crippen LogP contribution >= 0.6 is 0 Å². The quantitative estimate of drug-likeness (QED) is 0.321. The van der Waals surface area contributed by atoms with Gasteiger partial charge >= 0.3 is 0 Å². The summed E-state index contributed by atoms with van der Waals surface area (Å²) in [5.74, 6) is 0.335. The molecule has 0 saturated carbocycles. The normalized spacial score (nSPS) is 19.1. The molecule has 1 heterocycles. The van der Waals surface area contributed by atoms with Crippen LogP contribution in [0.4, 0.5) is 0 Å². The topological polar surface area (TPSA) is 59.4 Å². The number of aliphatic hydroxyl groups is 1. The van der Waals surface area contributed by atoms with E-state index in [1.54, 1.807) is 0 Å². The summed E-state index contributed by atoms with van der Waals surface area (Å²) in [6, 6.07) is 0. The molecule has 3 N–H and O–H groups in total. The molecule has 0 amide bonds. The van der Waals surface area contributed by atoms with Crippen LogP contribution in [0.1, 0.15) is 0 Å². The number of hydrogen-bond acceptors (Lipinski definition) is 3. The Labute approximate surface area is 60.3 Å². The van der Waals surface area contributed by atoms with Gasteiger partial charge in [0.2, 0.25) is 0 Å². The first-order valence-corrected chi connectivity index (χ1v) is 3.48. The van der Waals surface area contributed by atoms with Crippen LogP contribution in [0.3, 0.4) is 0 Å². The van der Waals surface area contributed by atoms with Crippen molar-refractivity contribution in [2.75, 3.05) is 32.8 Å². The summed E-state index contributed by atoms with van der Waals surface area (Å²) >= 11 is 0. The molecule has 0 radical (unpaired) electrons. The van der Waals surface area contributed by atoms with Gasteiger partial charge in [0.25, 0.3) is 0 Å². The summed E-state index contributed by atoms with van der Waals surface area (Å²) in [4.78, 5) is 1.89. The monoisotopic (exact) mass is 143 g/mol. The lowest BCUT2D eigenvalue weighted by Crippen LogP contribution is -2.47. The van der Waals surface area contributed by atoms with Gasteiger partial charge in [0.05, 0.1) is 0 Å². The molecule has 1 aliphatic rings. The maximum atomic E-state index is 8.60. The van der Waals surface area contributed by atoms with E-state index in [4.69, 9.17) is 10.5 Å². The molecule has 4 heteroatoms. The molecular weight excluding hydrogens is 130 g/mol. The zero-order valence-corrected chi connectivity index (χ0v) is 5.93. The molecule has 58 valence electrons. The number of piperazine rings is 1. The minimum absolute atomic E-state index is 0.139. The number of hydrogen-bond donors (Lipinski definition) is 3. The number of amidine groups is 1. The van der Waals surface area contributed by atoms with Crippen LogP contribution in [0.15, 0.2) is 0 Å². The Morgan fingerprint density at radius 1 is 1.50 bits per heavy atom. The van der Waals surface area contributed by atoms with Crippen LogP contribution in [0, 0.1) is 5.41 Å². The van der Waals surface area contributed by atoms with Crippen molar-refractivity contribution in [2.45, 2.75) is 0 Å². The van der Waals surface area contributed by atoms with Gasteiger partial charge < -0.3 is 15.3 Å². The smallest absolute Gasteiger partial charge is 0.122 e. The van der Waals surface area contributed by atoms with Crippen LogP contribution < -0.4 is 5.32 Å². The average molecular weight is 143 g/mol. The van der Waals surface area contributed by atoms with E-state index in [0.717, 1.165) is 26.2 Å². The molecule has 0 aromatic carbocycles. The molecule has 0 bridgehead atoms. The van der Waals surface area contributed by atoms with E-state index in [-0.39, 0.29) is 6.61 Å². The third-order valence-corrected chi connectivity index (χ3v) is 1.65. The summed E-state index contributed by atoms with van der Waals surface area (Å²) in [6.45, 7) is 3.39. The lowest BCUT2D eigenvalue weighted by molar-refractivity contribution is 0.298. The summed E-state index contributed by atoms with van der Waals surface area (Å²) in [5.41, 5.74) is 0. The first-order valence-electron chi connectivity index (χ1n) is 3.48. The molecule has 0 aromatic heterocycles. The fourth-order valence-corrected chi connectivity index (χ4v) is 1.03. The summed E-state index contributed by atoms with van der Waals surface area (Å²) < 4.78 is 0. The number of nitrogens with one attached hydrogen (secondary N) is 2. The number of rotatable bonds is 1. The summed E-state index contributed by atoms with van der Waals surface area (Å²) in [5, 5.41) is 19.1. The highest BCUT2D eigenvalue weighted by molar-refractivity contribution is 5.80. The predicted molar refractivity (Wildman–Crippen MR) is 39.3 cm³/mol. The van der Waals surface area contributed by atoms with E-state index in [1.807, 2.05) is 4.90 Å². The largest absolute Gasteiger partial charge is 0.388 e. The number of aliphatic hydroxyl groups excluding tert-OH is 1. The molecule has 0 unspecified atom stereocenters. The van der Waals surface area contributed by atoms with Gasteiger partial charge in [-0.15, -0.1) is 0 Å². The maximum Gasteiger partial charge on any atom is 0.122 e. The van der Waals surface area contributed by atoms with Crippen LogP contribution in [-0.4, -0.2) is 48.6 Å². The second-order valence-corrected chi connectivity index (χ2v) is 2.34. The fraction of sp³-hybridized carbons (Fsp3) is 0.833. The Morgan fingerprint density at radius 2 is 2.10 bits per heavy atom. The average Bonchev–Trinajstić information content (AvgIpc) is 2.05. The predicted octanol–water partition coefficient (Wildman–Crippen LogP) is -1.14. The highest BCUT2D eigenvalue weighted by Gasteiger charge is 2.10. The van der Waals surface area contributed by atoms with Crippen LogP contribution in [0.25, 0.3) is 0 Å². The summed E-state index contributed by atoms with van der Waals surface area (Å²) in [6.07, 6.45) is 0. The minimum atomic E-state index is -0.139. The fourth-order valence-electron chi connectivity index (χ4n) is 1.03. The maximum absolute atomic E-state index is 8.60. The Balaban J connectivity index is 2.31. The Morgan fingerprint density at radius 3 is 2.60 bits per heavy atom. The highest BCUT2D eigenvalue weighted by Crippen LogP contribution is 1.91. The third kappa shape index (κ3) is 1.68. The van der Waals surface area contributed by atoms with E-state index >= 15 is 0 Å². The Hall–Kier alpha value is -0.610. The second kappa shape index (κ2) is 3.53. The van der Waals surface area contributed by atoms with Crippen molar-refractivity contribution in [2.24, 2.45) is 0 Å². The molecule has 0 aromatic rings. The van der Waals surface area contributed by atoms with Crippen molar-refractivity contribution >= 4 is 5.84 Å². The third-order valence-electron chi connectivity index (χ3n) is 1.65. The first kappa shape index (κ1) is 7.50. The molecule has 1 rings (SSSR count). The van der Waals surface area contributed by atoms with E-state index in [0.29, 0.717) is 5.84 Å². The molecule has 0 spiro atoms. The molecule has 4 nitrogen and oxygen atoms in total. The zero-order valence-electron chi connectivity index (χ0n) is 5.93. The van der Waals surface area contributed by atoms with Crippen molar-refractivity contribution in [3.63, 3.8) is 0 Å². The summed E-state index contributed by atoms with van der Waals surface area (Å²) in [7, 11) is 0. The van der Waals surface area contributed by atoms with Gasteiger partial charge in [0.15, 0.2) is 0 Å². The van der Waals surface area contributed by atoms with Gasteiger partial charge in [-0.1, -0.05) is 0 Å². The van der Waals surface area contributed by atoms with E-state index < -0.39 is 0 Å². The Bertz CT molecular complexity index is 120. The molecular formula is C6H13N3O. The van der Waals surface area contributed by atoms with Crippen LogP contribution in [0.5, 0.6) is 0 Å². The zero-order chi connectivity index (χ0) is 7.40. The van der Waals surface area contributed by atoms with Crippen molar-refractivity contribution in [3.8, 4) is 0 Å². The highest BCUT2D eigenvalue weighted by atomic mass is 16.3. The molecule has 0 aliphatic carbocycles. The first-order chi connectivity index (χ1) is 4.84. The second-order valence-electron chi connectivity index (χ2n) is 2.34. The Kier molecular flexibility index (Phi) is 2.65. The van der Waals surface area contributed by atoms with E-state index in [1.165, 1.54) is 0 Å². The molecule has 10 heavy (non-hydrogen) atoms. The molecule has 1 saturated heterocycles. The van der Waals surface area contributed by atoms with Gasteiger partial charge in [-0.3, -0.25) is 5.41 Å². The number of nitrogens with zero attached hydrogens (tertiary/aromatic N) is 1. The van der Waals surface area contributed by atoms with Crippen LogP contribution in [0.2, 0.25) is 0 Å². The van der Waals surface area contributed by atoms with Crippen molar-refractivity contribution in [1.82, 2.24) is 10.2 Å². The molecule has 1 fully saturated rings. The van der Waals surface area contributed by atoms with Gasteiger partial charge in [-0.25, -0.2) is 0 Å². The van der Waals surface area contributed by atoms with Gasteiger partial charge in [0.1, 0.15) is 12.4 Å². The van der Waals surface area contributed by atoms with Gasteiger partial charge in [0, 0.05) is 26.2 Å². The van der Waals surface area contributed by atoms with E-state index in [2.05, 4.69) is 5.32 Å². The SMILES string of the molecule is N=C(CO)N1CCNCC1. The lowest BCUT2D eigenvalue weighted by atomic mass is 10.3. The van der Waals surface area contributed by atoms with Crippen molar-refractivity contribution in [1.29, 1.82) is 5.41 Å². The van der Waals surface area contributed by atoms with Gasteiger partial charge in [-0.05, 0) is 0 Å². The van der Waals surface area contributed by atoms with E-state index in [9.17, 15) is 0 Å². The van der Waals surface area contributed by atoms with Crippen molar-refractivity contribution < 1.29 is 5.11 Å². The van der Waals surface area contributed by atoms with Crippen LogP contribution in [-0.2, 0) is 0 Å². The molecule has 0 atom stereocenters. The minimum Gasteiger partial charge on any atom is -0.388 e. The molecule has 1 aliphatic heterocycles.